The topological polar surface area (TPSA) is 95.9 Å². The molecule has 2 atom stereocenters. The predicted molar refractivity (Wildman–Crippen MR) is 320 cm³/mol. The van der Waals surface area contributed by atoms with Crippen LogP contribution in [0, 0.1) is 0 Å². The molecule has 0 aromatic heterocycles. The average Bonchev–Trinajstić information content (AvgIpc) is 3.39. The van der Waals surface area contributed by atoms with Crippen LogP contribution in [0.1, 0.15) is 380 Å². The molecule has 0 saturated heterocycles. The van der Waals surface area contributed by atoms with Crippen molar-refractivity contribution >= 4 is 11.9 Å². The number of nitrogens with one attached hydrogen (secondary N) is 1. The van der Waals surface area contributed by atoms with Gasteiger partial charge in [0.15, 0.2) is 0 Å². The van der Waals surface area contributed by atoms with Crippen LogP contribution in [0.2, 0.25) is 0 Å². The van der Waals surface area contributed by atoms with Gasteiger partial charge in [-0.15, -0.1) is 0 Å². The highest BCUT2D eigenvalue weighted by Crippen LogP contribution is 2.19. The van der Waals surface area contributed by atoms with Gasteiger partial charge in [-0.25, -0.2) is 0 Å². The average molecular weight is 1030 g/mol. The minimum Gasteiger partial charge on any atom is -0.466 e. The summed E-state index contributed by atoms with van der Waals surface area (Å²) in [5, 5.41) is 23.3. The van der Waals surface area contributed by atoms with E-state index in [4.69, 9.17) is 4.74 Å². The van der Waals surface area contributed by atoms with E-state index in [-0.39, 0.29) is 18.5 Å². The Labute approximate surface area is 457 Å². The Hall–Kier alpha value is -1.40. The molecule has 0 aliphatic rings. The SMILES string of the molecule is CCCCCCC/C=C\CCCCCCCC(=O)OCCCCCCCCCCCCCCCCCCCCCCCCCCCCCC(=O)NC(CO)C(O)CCCCCCCCCCCCCCCCC. The zero-order valence-corrected chi connectivity index (χ0v) is 49.6. The fourth-order valence-corrected chi connectivity index (χ4v) is 10.7. The normalized spacial score (nSPS) is 12.5. The second-order valence-electron chi connectivity index (χ2n) is 23.2. The lowest BCUT2D eigenvalue weighted by Gasteiger charge is -2.22. The molecule has 0 fully saturated rings. The molecule has 0 saturated carbocycles. The van der Waals surface area contributed by atoms with Crippen LogP contribution in [0.4, 0.5) is 0 Å². The lowest BCUT2D eigenvalue weighted by atomic mass is 10.0. The van der Waals surface area contributed by atoms with Gasteiger partial charge in [-0.05, 0) is 51.4 Å². The van der Waals surface area contributed by atoms with Gasteiger partial charge < -0.3 is 20.3 Å². The first-order chi connectivity index (χ1) is 36.0. The third-order valence-corrected chi connectivity index (χ3v) is 15.8. The van der Waals surface area contributed by atoms with Gasteiger partial charge in [0, 0.05) is 12.8 Å². The number of hydrogen-bond donors (Lipinski definition) is 3. The standard InChI is InChI=1S/C67H131NO5/c1-3-5-7-9-11-13-15-17-32-35-39-43-47-51-55-59-65(70)64(63-69)68-66(71)60-56-52-48-44-40-36-33-30-28-26-24-22-20-19-21-23-25-27-29-31-34-38-42-46-50-54-58-62-73-67(72)61-57-53-49-45-41-37-18-16-14-12-10-8-6-4-2/h16,18,64-65,69-70H,3-15,17,19-63H2,1-2H3,(H,68,71)/b18-16-. The number of unbranched alkanes of at least 4 members (excludes halogenated alkanes) is 50. The van der Waals surface area contributed by atoms with E-state index in [1.165, 1.54) is 302 Å². The Balaban J connectivity index is 3.34. The molecule has 2 unspecified atom stereocenters. The quantitative estimate of drug-likeness (QED) is 0.0320. The summed E-state index contributed by atoms with van der Waals surface area (Å²) in [7, 11) is 0. The van der Waals surface area contributed by atoms with Crippen molar-refractivity contribution in [1.82, 2.24) is 5.32 Å². The van der Waals surface area contributed by atoms with Gasteiger partial charge in [-0.2, -0.15) is 0 Å². The monoisotopic (exact) mass is 1030 g/mol. The van der Waals surface area contributed by atoms with Crippen LogP contribution in [-0.4, -0.2) is 47.4 Å². The highest BCUT2D eigenvalue weighted by molar-refractivity contribution is 5.76. The van der Waals surface area contributed by atoms with Crippen molar-refractivity contribution in [3.05, 3.63) is 12.2 Å². The molecule has 0 aromatic rings. The maximum atomic E-state index is 12.5. The van der Waals surface area contributed by atoms with Crippen molar-refractivity contribution in [3.63, 3.8) is 0 Å². The lowest BCUT2D eigenvalue weighted by molar-refractivity contribution is -0.143. The number of carbonyl (C=O) groups excluding carboxylic acids is 2. The molecule has 3 N–H and O–H groups in total. The highest BCUT2D eigenvalue weighted by atomic mass is 16.5. The van der Waals surface area contributed by atoms with E-state index >= 15 is 0 Å². The van der Waals surface area contributed by atoms with Crippen molar-refractivity contribution < 1.29 is 24.5 Å². The van der Waals surface area contributed by atoms with Crippen LogP contribution in [-0.2, 0) is 14.3 Å². The molecule has 0 heterocycles. The molecule has 0 aromatic carbocycles. The van der Waals surface area contributed by atoms with E-state index < -0.39 is 12.1 Å². The van der Waals surface area contributed by atoms with E-state index in [2.05, 4.69) is 31.3 Å². The van der Waals surface area contributed by atoms with Crippen molar-refractivity contribution in [2.45, 2.75) is 392 Å². The van der Waals surface area contributed by atoms with Crippen molar-refractivity contribution in [3.8, 4) is 0 Å². The minimum atomic E-state index is -0.661. The third-order valence-electron chi connectivity index (χ3n) is 15.8. The summed E-state index contributed by atoms with van der Waals surface area (Å²) >= 11 is 0. The molecule has 0 bridgehead atoms. The van der Waals surface area contributed by atoms with Gasteiger partial charge in [0.2, 0.25) is 5.91 Å². The number of amides is 1. The van der Waals surface area contributed by atoms with Crippen molar-refractivity contribution in [1.29, 1.82) is 0 Å². The van der Waals surface area contributed by atoms with Crippen LogP contribution in [0.15, 0.2) is 12.2 Å². The van der Waals surface area contributed by atoms with Gasteiger partial charge in [-0.3, -0.25) is 9.59 Å². The molecule has 434 valence electrons. The Morgan fingerprint density at radius 2 is 0.644 bits per heavy atom. The maximum Gasteiger partial charge on any atom is 0.305 e. The molecular weight excluding hydrogens is 899 g/mol. The van der Waals surface area contributed by atoms with Gasteiger partial charge in [-0.1, -0.05) is 328 Å². The number of aliphatic hydroxyl groups excluding tert-OH is 2. The molecule has 0 radical (unpaired) electrons. The molecule has 0 spiro atoms. The predicted octanol–water partition coefficient (Wildman–Crippen LogP) is 21.2. The molecule has 0 aliphatic carbocycles. The summed E-state index contributed by atoms with van der Waals surface area (Å²) in [5.41, 5.74) is 0. The summed E-state index contributed by atoms with van der Waals surface area (Å²) in [6, 6.07) is -0.538. The number of carbonyl (C=O) groups is 2. The summed E-state index contributed by atoms with van der Waals surface area (Å²) in [4.78, 5) is 24.5. The number of allylic oxidation sites excluding steroid dienone is 2. The summed E-state index contributed by atoms with van der Waals surface area (Å²) in [5.74, 6) is -0.0190. The van der Waals surface area contributed by atoms with E-state index in [9.17, 15) is 19.8 Å². The highest BCUT2D eigenvalue weighted by Gasteiger charge is 2.20. The van der Waals surface area contributed by atoms with E-state index in [1.54, 1.807) is 0 Å². The number of aliphatic hydroxyl groups is 2. The molecule has 0 aliphatic heterocycles. The van der Waals surface area contributed by atoms with Crippen molar-refractivity contribution in [2.75, 3.05) is 13.2 Å². The van der Waals surface area contributed by atoms with Crippen LogP contribution in [0.3, 0.4) is 0 Å². The first-order valence-corrected chi connectivity index (χ1v) is 33.4. The zero-order valence-electron chi connectivity index (χ0n) is 49.6. The number of esters is 1. The molecule has 1 amide bonds. The smallest absolute Gasteiger partial charge is 0.305 e. The molecular formula is C67H131NO5. The second-order valence-corrected chi connectivity index (χ2v) is 23.2. The Morgan fingerprint density at radius 1 is 0.370 bits per heavy atom. The van der Waals surface area contributed by atoms with Crippen LogP contribution >= 0.6 is 0 Å². The first-order valence-electron chi connectivity index (χ1n) is 33.4. The second kappa shape index (κ2) is 63.1. The summed E-state index contributed by atoms with van der Waals surface area (Å²) in [6.45, 7) is 4.97. The molecule has 6 nitrogen and oxygen atoms in total. The van der Waals surface area contributed by atoms with E-state index in [0.717, 1.165) is 44.9 Å². The largest absolute Gasteiger partial charge is 0.466 e. The fourth-order valence-electron chi connectivity index (χ4n) is 10.7. The van der Waals surface area contributed by atoms with E-state index in [1.807, 2.05) is 0 Å². The fraction of sp³-hybridized carbons (Fsp3) is 0.940. The summed E-state index contributed by atoms with van der Waals surface area (Å²) in [6.07, 6.45) is 76.7. The van der Waals surface area contributed by atoms with Crippen molar-refractivity contribution in [2.24, 2.45) is 0 Å². The maximum absolute atomic E-state index is 12.5. The van der Waals surface area contributed by atoms with Crippen LogP contribution in [0.25, 0.3) is 0 Å². The van der Waals surface area contributed by atoms with Crippen LogP contribution in [0.5, 0.6) is 0 Å². The van der Waals surface area contributed by atoms with Gasteiger partial charge >= 0.3 is 5.97 Å². The molecule has 0 rings (SSSR count). The zero-order chi connectivity index (χ0) is 52.9. The Kier molecular flexibility index (Phi) is 61.9. The third kappa shape index (κ3) is 59.7. The molecule has 6 heteroatoms. The lowest BCUT2D eigenvalue weighted by Crippen LogP contribution is -2.45. The number of rotatable bonds is 63. The van der Waals surface area contributed by atoms with Crippen LogP contribution < -0.4 is 5.32 Å². The van der Waals surface area contributed by atoms with Gasteiger partial charge in [0.05, 0.1) is 25.4 Å². The van der Waals surface area contributed by atoms with E-state index in [0.29, 0.717) is 25.9 Å². The Bertz CT molecular complexity index is 1100. The number of ether oxygens (including phenoxy) is 1. The molecule has 73 heavy (non-hydrogen) atoms. The first kappa shape index (κ1) is 71.6. The summed E-state index contributed by atoms with van der Waals surface area (Å²) < 4.78 is 5.48. The Morgan fingerprint density at radius 3 is 0.973 bits per heavy atom. The van der Waals surface area contributed by atoms with Gasteiger partial charge in [0.1, 0.15) is 0 Å². The number of hydrogen-bond acceptors (Lipinski definition) is 5. The minimum absolute atomic E-state index is 0.0103. The van der Waals surface area contributed by atoms with Gasteiger partial charge in [0.25, 0.3) is 0 Å².